The predicted octanol–water partition coefficient (Wildman–Crippen LogP) is 2.44. The Labute approximate surface area is 116 Å². The molecule has 1 atom stereocenters. The zero-order chi connectivity index (χ0) is 13.7. The van der Waals surface area contributed by atoms with Gasteiger partial charge in [-0.2, -0.15) is 0 Å². The summed E-state index contributed by atoms with van der Waals surface area (Å²) in [4.78, 5) is 0. The molecule has 0 aromatic heterocycles. The van der Waals surface area contributed by atoms with Crippen molar-refractivity contribution in [2.75, 3.05) is 19.7 Å². The van der Waals surface area contributed by atoms with E-state index in [0.717, 1.165) is 32.4 Å². The molecule has 0 amide bonds. The summed E-state index contributed by atoms with van der Waals surface area (Å²) in [5, 5.41) is 13.6. The van der Waals surface area contributed by atoms with Gasteiger partial charge in [0, 0.05) is 13.1 Å². The SMILES string of the molecule is CCC(O)(CC)CNCC1OCCc2ccccc21. The standard InChI is InChI=1S/C16H25NO2/c1-3-16(18,4-2)12-17-11-15-14-8-6-5-7-13(14)9-10-19-15/h5-8,15,17-18H,3-4,9-12H2,1-2H3. The number of aliphatic hydroxyl groups is 1. The molecule has 2 N–H and O–H groups in total. The maximum absolute atomic E-state index is 10.3. The predicted molar refractivity (Wildman–Crippen MR) is 77.2 cm³/mol. The summed E-state index contributed by atoms with van der Waals surface area (Å²) in [6.07, 6.45) is 2.67. The van der Waals surface area contributed by atoms with Gasteiger partial charge in [-0.15, -0.1) is 0 Å². The molecule has 0 aliphatic carbocycles. The largest absolute Gasteiger partial charge is 0.389 e. The van der Waals surface area contributed by atoms with E-state index in [0.29, 0.717) is 6.54 Å². The summed E-state index contributed by atoms with van der Waals surface area (Å²) in [5.41, 5.74) is 2.09. The summed E-state index contributed by atoms with van der Waals surface area (Å²) >= 11 is 0. The minimum Gasteiger partial charge on any atom is -0.389 e. The Balaban J connectivity index is 1.91. The molecular weight excluding hydrogens is 238 g/mol. The maximum atomic E-state index is 10.3. The Kier molecular flexibility index (Phi) is 4.97. The van der Waals surface area contributed by atoms with Gasteiger partial charge < -0.3 is 15.2 Å². The Morgan fingerprint density at radius 3 is 2.79 bits per heavy atom. The van der Waals surface area contributed by atoms with Crippen molar-refractivity contribution in [3.8, 4) is 0 Å². The summed E-state index contributed by atoms with van der Waals surface area (Å²) in [5.74, 6) is 0. The van der Waals surface area contributed by atoms with Crippen LogP contribution < -0.4 is 5.32 Å². The molecule has 3 heteroatoms. The summed E-state index contributed by atoms with van der Waals surface area (Å²) in [6, 6.07) is 8.47. The first-order valence-corrected chi connectivity index (χ1v) is 7.31. The van der Waals surface area contributed by atoms with Gasteiger partial charge >= 0.3 is 0 Å². The fourth-order valence-electron chi connectivity index (χ4n) is 2.58. The lowest BCUT2D eigenvalue weighted by atomic mass is 9.96. The van der Waals surface area contributed by atoms with E-state index in [-0.39, 0.29) is 6.10 Å². The van der Waals surface area contributed by atoms with E-state index < -0.39 is 5.60 Å². The monoisotopic (exact) mass is 263 g/mol. The maximum Gasteiger partial charge on any atom is 0.0952 e. The molecule has 0 saturated heterocycles. The van der Waals surface area contributed by atoms with Crippen LogP contribution in [0.5, 0.6) is 0 Å². The number of ether oxygens (including phenoxy) is 1. The number of hydrogen-bond acceptors (Lipinski definition) is 3. The van der Waals surface area contributed by atoms with Crippen LogP contribution in [0.4, 0.5) is 0 Å². The third-order valence-corrected chi connectivity index (χ3v) is 4.19. The summed E-state index contributed by atoms with van der Waals surface area (Å²) < 4.78 is 5.84. The van der Waals surface area contributed by atoms with E-state index in [1.807, 2.05) is 13.8 Å². The highest BCUT2D eigenvalue weighted by Gasteiger charge is 2.24. The van der Waals surface area contributed by atoms with Gasteiger partial charge in [-0.3, -0.25) is 0 Å². The van der Waals surface area contributed by atoms with Gasteiger partial charge in [0.25, 0.3) is 0 Å². The van der Waals surface area contributed by atoms with Crippen molar-refractivity contribution in [2.24, 2.45) is 0 Å². The van der Waals surface area contributed by atoms with Crippen LogP contribution in [0.15, 0.2) is 24.3 Å². The van der Waals surface area contributed by atoms with Gasteiger partial charge in [0.2, 0.25) is 0 Å². The molecule has 1 aliphatic heterocycles. The molecular formula is C16H25NO2. The van der Waals surface area contributed by atoms with Crippen molar-refractivity contribution in [2.45, 2.75) is 44.8 Å². The minimum atomic E-state index is -0.589. The van der Waals surface area contributed by atoms with E-state index in [2.05, 4.69) is 29.6 Å². The third-order valence-electron chi connectivity index (χ3n) is 4.19. The van der Waals surface area contributed by atoms with Crippen LogP contribution in [-0.2, 0) is 11.2 Å². The van der Waals surface area contributed by atoms with Gasteiger partial charge in [0.1, 0.15) is 0 Å². The first-order chi connectivity index (χ1) is 9.18. The van der Waals surface area contributed by atoms with Crippen LogP contribution >= 0.6 is 0 Å². The van der Waals surface area contributed by atoms with Crippen LogP contribution in [0, 0.1) is 0 Å². The lowest BCUT2D eigenvalue weighted by molar-refractivity contribution is 0.0161. The van der Waals surface area contributed by atoms with E-state index in [1.165, 1.54) is 11.1 Å². The first-order valence-electron chi connectivity index (χ1n) is 7.31. The fourth-order valence-corrected chi connectivity index (χ4v) is 2.58. The van der Waals surface area contributed by atoms with Crippen molar-refractivity contribution in [1.29, 1.82) is 0 Å². The molecule has 1 unspecified atom stereocenters. The van der Waals surface area contributed by atoms with Gasteiger partial charge in [0.05, 0.1) is 18.3 Å². The van der Waals surface area contributed by atoms with Crippen LogP contribution in [0.2, 0.25) is 0 Å². The molecule has 3 nitrogen and oxygen atoms in total. The molecule has 0 radical (unpaired) electrons. The molecule has 1 aliphatic rings. The number of benzene rings is 1. The number of fused-ring (bicyclic) bond motifs is 1. The van der Waals surface area contributed by atoms with E-state index in [9.17, 15) is 5.11 Å². The zero-order valence-corrected chi connectivity index (χ0v) is 12.0. The second-order valence-electron chi connectivity index (χ2n) is 5.37. The van der Waals surface area contributed by atoms with Crippen molar-refractivity contribution in [3.05, 3.63) is 35.4 Å². The van der Waals surface area contributed by atoms with Crippen LogP contribution in [-0.4, -0.2) is 30.4 Å². The minimum absolute atomic E-state index is 0.114. The van der Waals surface area contributed by atoms with Gasteiger partial charge in [-0.05, 0) is 30.4 Å². The molecule has 0 saturated carbocycles. The van der Waals surface area contributed by atoms with Crippen LogP contribution in [0.25, 0.3) is 0 Å². The molecule has 2 rings (SSSR count). The highest BCUT2D eigenvalue weighted by Crippen LogP contribution is 2.26. The normalized spacial score (nSPS) is 19.2. The molecule has 19 heavy (non-hydrogen) atoms. The molecule has 0 fully saturated rings. The van der Waals surface area contributed by atoms with E-state index in [4.69, 9.17) is 4.74 Å². The Hall–Kier alpha value is -0.900. The average Bonchev–Trinajstić information content (AvgIpc) is 2.47. The van der Waals surface area contributed by atoms with Crippen molar-refractivity contribution in [3.63, 3.8) is 0 Å². The van der Waals surface area contributed by atoms with E-state index >= 15 is 0 Å². The average molecular weight is 263 g/mol. The van der Waals surface area contributed by atoms with Crippen molar-refractivity contribution in [1.82, 2.24) is 5.32 Å². The highest BCUT2D eigenvalue weighted by atomic mass is 16.5. The number of hydrogen-bond donors (Lipinski definition) is 2. The van der Waals surface area contributed by atoms with E-state index in [1.54, 1.807) is 0 Å². The molecule has 106 valence electrons. The molecule has 1 heterocycles. The van der Waals surface area contributed by atoms with Crippen LogP contribution in [0.3, 0.4) is 0 Å². The summed E-state index contributed by atoms with van der Waals surface area (Å²) in [6.45, 7) is 6.23. The van der Waals surface area contributed by atoms with Gasteiger partial charge in [-0.25, -0.2) is 0 Å². The topological polar surface area (TPSA) is 41.5 Å². The molecule has 0 spiro atoms. The van der Waals surface area contributed by atoms with Gasteiger partial charge in [0.15, 0.2) is 0 Å². The van der Waals surface area contributed by atoms with Crippen LogP contribution in [0.1, 0.15) is 43.9 Å². The number of rotatable bonds is 6. The fraction of sp³-hybridized carbons (Fsp3) is 0.625. The third kappa shape index (κ3) is 3.56. The Morgan fingerprint density at radius 2 is 2.05 bits per heavy atom. The first kappa shape index (κ1) is 14.5. The lowest BCUT2D eigenvalue weighted by Gasteiger charge is -2.29. The molecule has 0 bridgehead atoms. The molecule has 1 aromatic carbocycles. The van der Waals surface area contributed by atoms with Crippen molar-refractivity contribution < 1.29 is 9.84 Å². The van der Waals surface area contributed by atoms with Crippen molar-refractivity contribution >= 4 is 0 Å². The second kappa shape index (κ2) is 6.51. The second-order valence-corrected chi connectivity index (χ2v) is 5.37. The van der Waals surface area contributed by atoms with Gasteiger partial charge in [-0.1, -0.05) is 38.1 Å². The lowest BCUT2D eigenvalue weighted by Crippen LogP contribution is -2.41. The Morgan fingerprint density at radius 1 is 1.32 bits per heavy atom. The Bertz CT molecular complexity index is 401. The highest BCUT2D eigenvalue weighted by molar-refractivity contribution is 5.31. The quantitative estimate of drug-likeness (QED) is 0.828. The zero-order valence-electron chi connectivity index (χ0n) is 12.0. The number of nitrogens with one attached hydrogen (secondary N) is 1. The smallest absolute Gasteiger partial charge is 0.0952 e. The summed E-state index contributed by atoms with van der Waals surface area (Å²) in [7, 11) is 0. The molecule has 1 aromatic rings.